The summed E-state index contributed by atoms with van der Waals surface area (Å²) >= 11 is 5.82. The number of rotatable bonds is 3. The summed E-state index contributed by atoms with van der Waals surface area (Å²) in [6.07, 6.45) is 2.58. The van der Waals surface area contributed by atoms with Gasteiger partial charge in [-0.15, -0.1) is 0 Å². The SMILES string of the molecule is CS(=O)(=O)c1cccc(NC(=O)c2cccnc2Cl)c1. The van der Waals surface area contributed by atoms with E-state index in [4.69, 9.17) is 11.6 Å². The second-order valence-electron chi connectivity index (χ2n) is 4.10. The van der Waals surface area contributed by atoms with E-state index in [1.54, 1.807) is 18.2 Å². The number of hydrogen-bond acceptors (Lipinski definition) is 4. The molecule has 0 unspecified atom stereocenters. The van der Waals surface area contributed by atoms with Gasteiger partial charge in [0.15, 0.2) is 9.84 Å². The normalized spacial score (nSPS) is 11.1. The summed E-state index contributed by atoms with van der Waals surface area (Å²) in [5.74, 6) is -0.450. The number of carbonyl (C=O) groups excluding carboxylic acids is 1. The molecule has 0 atom stereocenters. The first-order valence-electron chi connectivity index (χ1n) is 5.60. The van der Waals surface area contributed by atoms with Crippen LogP contribution in [-0.2, 0) is 9.84 Å². The van der Waals surface area contributed by atoms with Crippen LogP contribution in [0.4, 0.5) is 5.69 Å². The van der Waals surface area contributed by atoms with Crippen LogP contribution in [0, 0.1) is 0 Å². The number of nitrogens with zero attached hydrogens (tertiary/aromatic N) is 1. The van der Waals surface area contributed by atoms with Gasteiger partial charge in [-0.2, -0.15) is 0 Å². The zero-order chi connectivity index (χ0) is 14.8. The number of halogens is 1. The van der Waals surface area contributed by atoms with E-state index in [9.17, 15) is 13.2 Å². The van der Waals surface area contributed by atoms with Gasteiger partial charge in [-0.1, -0.05) is 17.7 Å². The number of pyridine rings is 1. The fourth-order valence-electron chi connectivity index (χ4n) is 1.56. The molecule has 2 aromatic rings. The Kier molecular flexibility index (Phi) is 4.06. The quantitative estimate of drug-likeness (QED) is 0.883. The molecule has 1 N–H and O–H groups in total. The largest absolute Gasteiger partial charge is 0.322 e. The Bertz CT molecular complexity index is 760. The number of nitrogens with one attached hydrogen (secondary N) is 1. The summed E-state index contributed by atoms with van der Waals surface area (Å²) < 4.78 is 22.9. The number of anilines is 1. The van der Waals surface area contributed by atoms with Crippen LogP contribution < -0.4 is 5.32 Å². The summed E-state index contributed by atoms with van der Waals surface area (Å²) in [6, 6.07) is 9.12. The molecule has 2 rings (SSSR count). The average molecular weight is 311 g/mol. The van der Waals surface area contributed by atoms with E-state index in [0.717, 1.165) is 6.26 Å². The molecule has 7 heteroatoms. The van der Waals surface area contributed by atoms with E-state index < -0.39 is 15.7 Å². The molecule has 0 radical (unpaired) electrons. The molecule has 1 amide bonds. The molecular formula is C13H11ClN2O3S. The molecular weight excluding hydrogens is 300 g/mol. The Morgan fingerprint density at radius 2 is 2.00 bits per heavy atom. The number of carbonyl (C=O) groups is 1. The Balaban J connectivity index is 2.27. The first kappa shape index (κ1) is 14.5. The number of benzene rings is 1. The highest BCUT2D eigenvalue weighted by Crippen LogP contribution is 2.18. The third-order valence-electron chi connectivity index (χ3n) is 2.52. The number of hydrogen-bond donors (Lipinski definition) is 1. The van der Waals surface area contributed by atoms with Crippen LogP contribution in [0.5, 0.6) is 0 Å². The zero-order valence-electron chi connectivity index (χ0n) is 10.5. The molecule has 5 nitrogen and oxygen atoms in total. The third-order valence-corrected chi connectivity index (χ3v) is 3.94. The van der Waals surface area contributed by atoms with Gasteiger partial charge in [0.25, 0.3) is 5.91 Å². The fraction of sp³-hybridized carbons (Fsp3) is 0.0769. The van der Waals surface area contributed by atoms with Crippen molar-refractivity contribution in [2.45, 2.75) is 4.90 Å². The monoisotopic (exact) mass is 310 g/mol. The lowest BCUT2D eigenvalue weighted by Gasteiger charge is -2.07. The van der Waals surface area contributed by atoms with Gasteiger partial charge in [-0.05, 0) is 30.3 Å². The molecule has 1 aromatic heterocycles. The van der Waals surface area contributed by atoms with Crippen LogP contribution in [0.15, 0.2) is 47.5 Å². The Morgan fingerprint density at radius 1 is 1.25 bits per heavy atom. The van der Waals surface area contributed by atoms with Crippen LogP contribution in [0.25, 0.3) is 0 Å². The molecule has 0 bridgehead atoms. The summed E-state index contributed by atoms with van der Waals surface area (Å²) in [5, 5.41) is 2.67. The molecule has 1 heterocycles. The van der Waals surface area contributed by atoms with Gasteiger partial charge >= 0.3 is 0 Å². The lowest BCUT2D eigenvalue weighted by Crippen LogP contribution is -2.13. The minimum Gasteiger partial charge on any atom is -0.322 e. The smallest absolute Gasteiger partial charge is 0.258 e. The van der Waals surface area contributed by atoms with Crippen LogP contribution in [-0.4, -0.2) is 25.6 Å². The molecule has 104 valence electrons. The van der Waals surface area contributed by atoms with Crippen LogP contribution in [0.2, 0.25) is 5.15 Å². The highest BCUT2D eigenvalue weighted by molar-refractivity contribution is 7.90. The van der Waals surface area contributed by atoms with Crippen molar-refractivity contribution >= 4 is 33.0 Å². The van der Waals surface area contributed by atoms with Gasteiger partial charge in [0.1, 0.15) is 5.15 Å². The van der Waals surface area contributed by atoms with Gasteiger partial charge < -0.3 is 5.32 Å². The van der Waals surface area contributed by atoms with Crippen molar-refractivity contribution in [3.8, 4) is 0 Å². The summed E-state index contributed by atoms with van der Waals surface area (Å²) in [6.45, 7) is 0. The molecule has 1 aromatic carbocycles. The van der Waals surface area contributed by atoms with Crippen LogP contribution in [0.1, 0.15) is 10.4 Å². The molecule has 0 aliphatic heterocycles. The standard InChI is InChI=1S/C13H11ClN2O3S/c1-20(18,19)10-5-2-4-9(8-10)16-13(17)11-6-3-7-15-12(11)14/h2-8H,1H3,(H,16,17). The van der Waals surface area contributed by atoms with Crippen molar-refractivity contribution in [3.63, 3.8) is 0 Å². The minimum absolute atomic E-state index is 0.0873. The first-order valence-corrected chi connectivity index (χ1v) is 7.87. The molecule has 0 aliphatic carbocycles. The first-order chi connectivity index (χ1) is 9.38. The van der Waals surface area contributed by atoms with Crippen molar-refractivity contribution in [1.29, 1.82) is 0 Å². The van der Waals surface area contributed by atoms with E-state index in [0.29, 0.717) is 5.69 Å². The maximum Gasteiger partial charge on any atom is 0.258 e. The Hall–Kier alpha value is -1.92. The van der Waals surface area contributed by atoms with Crippen molar-refractivity contribution in [1.82, 2.24) is 4.98 Å². The van der Waals surface area contributed by atoms with Gasteiger partial charge in [0.05, 0.1) is 10.5 Å². The Morgan fingerprint density at radius 3 is 2.65 bits per heavy atom. The number of amides is 1. The summed E-state index contributed by atoms with van der Waals surface area (Å²) in [7, 11) is -3.32. The van der Waals surface area contributed by atoms with Crippen LogP contribution in [0.3, 0.4) is 0 Å². The second-order valence-corrected chi connectivity index (χ2v) is 6.47. The Labute approximate surface area is 121 Å². The van der Waals surface area contributed by atoms with Crippen molar-refractivity contribution < 1.29 is 13.2 Å². The lowest BCUT2D eigenvalue weighted by molar-refractivity contribution is 0.102. The second kappa shape index (κ2) is 5.60. The van der Waals surface area contributed by atoms with Crippen molar-refractivity contribution in [3.05, 3.63) is 53.3 Å². The summed E-state index contributed by atoms with van der Waals surface area (Å²) in [5.41, 5.74) is 0.594. The van der Waals surface area contributed by atoms with E-state index >= 15 is 0 Å². The third kappa shape index (κ3) is 3.34. The van der Waals surface area contributed by atoms with E-state index in [1.165, 1.54) is 24.4 Å². The maximum atomic E-state index is 12.0. The minimum atomic E-state index is -3.32. The predicted octanol–water partition coefficient (Wildman–Crippen LogP) is 2.39. The van der Waals surface area contributed by atoms with Gasteiger partial charge in [-0.25, -0.2) is 13.4 Å². The van der Waals surface area contributed by atoms with Gasteiger partial charge in [0.2, 0.25) is 0 Å². The highest BCUT2D eigenvalue weighted by Gasteiger charge is 2.12. The molecule has 20 heavy (non-hydrogen) atoms. The number of sulfone groups is 1. The maximum absolute atomic E-state index is 12.0. The fourth-order valence-corrected chi connectivity index (χ4v) is 2.43. The zero-order valence-corrected chi connectivity index (χ0v) is 12.1. The molecule has 0 spiro atoms. The average Bonchev–Trinajstić information content (AvgIpc) is 2.38. The summed E-state index contributed by atoms with van der Waals surface area (Å²) in [4.78, 5) is 16.0. The molecule has 0 saturated heterocycles. The van der Waals surface area contributed by atoms with Crippen LogP contribution >= 0.6 is 11.6 Å². The topological polar surface area (TPSA) is 76.1 Å². The van der Waals surface area contributed by atoms with E-state index in [-0.39, 0.29) is 15.6 Å². The van der Waals surface area contributed by atoms with E-state index in [2.05, 4.69) is 10.3 Å². The highest BCUT2D eigenvalue weighted by atomic mass is 35.5. The van der Waals surface area contributed by atoms with Crippen molar-refractivity contribution in [2.75, 3.05) is 11.6 Å². The molecule has 0 saturated carbocycles. The van der Waals surface area contributed by atoms with Crippen molar-refractivity contribution in [2.24, 2.45) is 0 Å². The predicted molar refractivity (Wildman–Crippen MR) is 76.8 cm³/mol. The van der Waals surface area contributed by atoms with E-state index in [1.807, 2.05) is 0 Å². The lowest BCUT2D eigenvalue weighted by atomic mass is 10.2. The van der Waals surface area contributed by atoms with Gasteiger partial charge in [0, 0.05) is 18.1 Å². The number of aromatic nitrogens is 1. The molecule has 0 aliphatic rings. The molecule has 0 fully saturated rings. The van der Waals surface area contributed by atoms with Gasteiger partial charge in [-0.3, -0.25) is 4.79 Å².